The van der Waals surface area contributed by atoms with Crippen LogP contribution < -0.4 is 10.1 Å². The number of amides is 1. The van der Waals surface area contributed by atoms with E-state index < -0.39 is 10.0 Å². The second-order valence-electron chi connectivity index (χ2n) is 5.96. The van der Waals surface area contributed by atoms with Crippen LogP contribution in [0.1, 0.15) is 36.7 Å². The maximum absolute atomic E-state index is 12.7. The van der Waals surface area contributed by atoms with Crippen LogP contribution >= 0.6 is 0 Å². The first kappa shape index (κ1) is 20.9. The summed E-state index contributed by atoms with van der Waals surface area (Å²) < 4.78 is 32.1. The Morgan fingerprint density at radius 1 is 1.04 bits per heavy atom. The summed E-state index contributed by atoms with van der Waals surface area (Å²) in [6.07, 6.45) is 0.890. The molecule has 0 unspecified atom stereocenters. The van der Waals surface area contributed by atoms with Crippen LogP contribution in [0.2, 0.25) is 0 Å². The van der Waals surface area contributed by atoms with Crippen molar-refractivity contribution in [2.75, 3.05) is 25.5 Å². The Hall–Kier alpha value is -2.38. The summed E-state index contributed by atoms with van der Waals surface area (Å²) in [5, 5.41) is 2.76. The molecule has 7 heteroatoms. The molecule has 0 heterocycles. The summed E-state index contributed by atoms with van der Waals surface area (Å²) in [5.74, 6) is 0.0698. The van der Waals surface area contributed by atoms with Crippen molar-refractivity contribution in [2.24, 2.45) is 0 Å². The average Bonchev–Trinajstić information content (AvgIpc) is 2.68. The van der Waals surface area contributed by atoms with Crippen LogP contribution in [0, 0.1) is 0 Å². The van der Waals surface area contributed by atoms with Gasteiger partial charge in [-0.15, -0.1) is 0 Å². The lowest BCUT2D eigenvalue weighted by Crippen LogP contribution is -2.30. The number of sulfonamides is 1. The van der Waals surface area contributed by atoms with E-state index >= 15 is 0 Å². The van der Waals surface area contributed by atoms with Gasteiger partial charge in [0.1, 0.15) is 5.75 Å². The van der Waals surface area contributed by atoms with Gasteiger partial charge in [-0.1, -0.05) is 32.9 Å². The molecule has 1 N–H and O–H groups in total. The normalized spacial score (nSPS) is 11.4. The number of methoxy groups -OCH3 is 1. The summed E-state index contributed by atoms with van der Waals surface area (Å²) in [6.45, 7) is 6.36. The molecule has 146 valence electrons. The van der Waals surface area contributed by atoms with E-state index in [1.165, 1.54) is 23.5 Å². The molecule has 6 nitrogen and oxygen atoms in total. The Bertz CT molecular complexity index is 889. The van der Waals surface area contributed by atoms with Crippen molar-refractivity contribution < 1.29 is 17.9 Å². The van der Waals surface area contributed by atoms with E-state index in [1.54, 1.807) is 32.0 Å². The minimum Gasteiger partial charge on any atom is -0.495 e. The number of carbonyl (C=O) groups is 1. The third-order valence-corrected chi connectivity index (χ3v) is 6.43. The van der Waals surface area contributed by atoms with Crippen LogP contribution in [0.3, 0.4) is 0 Å². The first-order valence-electron chi connectivity index (χ1n) is 8.95. The zero-order valence-corrected chi connectivity index (χ0v) is 17.0. The van der Waals surface area contributed by atoms with Crippen LogP contribution in [0.25, 0.3) is 0 Å². The lowest BCUT2D eigenvalue weighted by atomic mass is 10.1. The Balaban J connectivity index is 2.36. The highest BCUT2D eigenvalue weighted by atomic mass is 32.2. The molecule has 27 heavy (non-hydrogen) atoms. The van der Waals surface area contributed by atoms with E-state index in [0.717, 1.165) is 12.0 Å². The molecule has 2 aromatic carbocycles. The molecular weight excluding hydrogens is 364 g/mol. The van der Waals surface area contributed by atoms with Crippen LogP contribution in [-0.4, -0.2) is 38.8 Å². The standard InChI is InChI=1S/C20H26N2O4S/c1-5-15-8-10-16(11-9-15)20(23)21-18-14-17(12-13-19(18)26-4)27(24,25)22(6-2)7-3/h8-14H,5-7H2,1-4H3,(H,21,23). The van der Waals surface area contributed by atoms with Gasteiger partial charge in [0.15, 0.2) is 0 Å². The third kappa shape index (κ3) is 4.67. The minimum atomic E-state index is -3.63. The molecule has 0 bridgehead atoms. The van der Waals surface area contributed by atoms with Gasteiger partial charge in [0.25, 0.3) is 5.91 Å². The van der Waals surface area contributed by atoms with Crippen molar-refractivity contribution >= 4 is 21.6 Å². The Morgan fingerprint density at radius 3 is 2.19 bits per heavy atom. The predicted molar refractivity (Wildman–Crippen MR) is 107 cm³/mol. The molecular formula is C20H26N2O4S. The van der Waals surface area contributed by atoms with Crippen molar-refractivity contribution in [3.8, 4) is 5.75 Å². The van der Waals surface area contributed by atoms with Gasteiger partial charge in [-0.3, -0.25) is 4.79 Å². The number of ether oxygens (including phenoxy) is 1. The summed E-state index contributed by atoms with van der Waals surface area (Å²) >= 11 is 0. The molecule has 0 radical (unpaired) electrons. The number of carbonyl (C=O) groups excluding carboxylic acids is 1. The molecule has 0 aliphatic heterocycles. The predicted octanol–water partition coefficient (Wildman–Crippen LogP) is 3.54. The zero-order chi connectivity index (χ0) is 20.0. The van der Waals surface area contributed by atoms with Crippen molar-refractivity contribution in [1.82, 2.24) is 4.31 Å². The lowest BCUT2D eigenvalue weighted by molar-refractivity contribution is 0.102. The summed E-state index contributed by atoms with van der Waals surface area (Å²) in [5.41, 5.74) is 1.94. The van der Waals surface area contributed by atoms with Crippen LogP contribution in [0.15, 0.2) is 47.4 Å². The van der Waals surface area contributed by atoms with E-state index in [2.05, 4.69) is 5.32 Å². The molecule has 2 aromatic rings. The number of nitrogens with one attached hydrogen (secondary N) is 1. The van der Waals surface area contributed by atoms with E-state index in [1.807, 2.05) is 19.1 Å². The molecule has 0 saturated carbocycles. The van der Waals surface area contributed by atoms with E-state index in [-0.39, 0.29) is 10.8 Å². The number of hydrogen-bond donors (Lipinski definition) is 1. The van der Waals surface area contributed by atoms with Crippen LogP contribution in [-0.2, 0) is 16.4 Å². The smallest absolute Gasteiger partial charge is 0.255 e. The Kier molecular flexibility index (Phi) is 6.98. The second-order valence-corrected chi connectivity index (χ2v) is 7.89. The van der Waals surface area contributed by atoms with Gasteiger partial charge in [0.05, 0.1) is 17.7 Å². The number of nitrogens with zero attached hydrogens (tertiary/aromatic N) is 1. The summed E-state index contributed by atoms with van der Waals surface area (Å²) in [7, 11) is -2.16. The number of aryl methyl sites for hydroxylation is 1. The van der Waals surface area contributed by atoms with Gasteiger partial charge in [-0.2, -0.15) is 4.31 Å². The van der Waals surface area contributed by atoms with Gasteiger partial charge in [0, 0.05) is 18.7 Å². The first-order chi connectivity index (χ1) is 12.9. The first-order valence-corrected chi connectivity index (χ1v) is 10.4. The molecule has 0 atom stereocenters. The highest BCUT2D eigenvalue weighted by molar-refractivity contribution is 7.89. The van der Waals surface area contributed by atoms with Crippen molar-refractivity contribution in [3.05, 3.63) is 53.6 Å². The van der Waals surface area contributed by atoms with E-state index in [4.69, 9.17) is 4.74 Å². The fourth-order valence-corrected chi connectivity index (χ4v) is 4.23. The van der Waals surface area contributed by atoms with E-state index in [0.29, 0.717) is 30.1 Å². The average molecular weight is 391 g/mol. The lowest BCUT2D eigenvalue weighted by Gasteiger charge is -2.19. The second kappa shape index (κ2) is 9.01. The molecule has 0 aliphatic carbocycles. The highest BCUT2D eigenvalue weighted by Crippen LogP contribution is 2.29. The van der Waals surface area contributed by atoms with Gasteiger partial charge >= 0.3 is 0 Å². The Morgan fingerprint density at radius 2 is 1.67 bits per heavy atom. The maximum Gasteiger partial charge on any atom is 0.255 e. The number of anilines is 1. The Labute approximate surface area is 161 Å². The topological polar surface area (TPSA) is 75.7 Å². The van der Waals surface area contributed by atoms with Gasteiger partial charge in [-0.25, -0.2) is 8.42 Å². The van der Waals surface area contributed by atoms with Gasteiger partial charge in [-0.05, 0) is 42.3 Å². The van der Waals surface area contributed by atoms with E-state index in [9.17, 15) is 13.2 Å². The zero-order valence-electron chi connectivity index (χ0n) is 16.2. The van der Waals surface area contributed by atoms with Crippen molar-refractivity contribution in [1.29, 1.82) is 0 Å². The minimum absolute atomic E-state index is 0.114. The largest absolute Gasteiger partial charge is 0.495 e. The number of rotatable bonds is 8. The monoisotopic (exact) mass is 390 g/mol. The third-order valence-electron chi connectivity index (χ3n) is 4.39. The highest BCUT2D eigenvalue weighted by Gasteiger charge is 2.23. The molecule has 0 fully saturated rings. The maximum atomic E-state index is 12.7. The SMILES string of the molecule is CCc1ccc(C(=O)Nc2cc(S(=O)(=O)N(CC)CC)ccc2OC)cc1. The van der Waals surface area contributed by atoms with Crippen LogP contribution in [0.5, 0.6) is 5.75 Å². The molecule has 1 amide bonds. The summed E-state index contributed by atoms with van der Waals surface area (Å²) in [6, 6.07) is 11.8. The van der Waals surface area contributed by atoms with Crippen LogP contribution in [0.4, 0.5) is 5.69 Å². The number of hydrogen-bond acceptors (Lipinski definition) is 4. The van der Waals surface area contributed by atoms with Crippen molar-refractivity contribution in [2.45, 2.75) is 32.1 Å². The van der Waals surface area contributed by atoms with Crippen molar-refractivity contribution in [3.63, 3.8) is 0 Å². The molecule has 0 aromatic heterocycles. The van der Waals surface area contributed by atoms with Gasteiger partial charge < -0.3 is 10.1 Å². The fourth-order valence-electron chi connectivity index (χ4n) is 2.74. The quantitative estimate of drug-likeness (QED) is 0.748. The number of benzene rings is 2. The van der Waals surface area contributed by atoms with Gasteiger partial charge in [0.2, 0.25) is 10.0 Å². The molecule has 0 saturated heterocycles. The molecule has 2 rings (SSSR count). The molecule has 0 aliphatic rings. The fraction of sp³-hybridized carbons (Fsp3) is 0.350. The molecule has 0 spiro atoms. The summed E-state index contributed by atoms with van der Waals surface area (Å²) in [4.78, 5) is 12.7.